The van der Waals surface area contributed by atoms with E-state index in [-0.39, 0.29) is 0 Å². The first-order valence-corrected chi connectivity index (χ1v) is 6.90. The van der Waals surface area contributed by atoms with Crippen molar-refractivity contribution in [3.05, 3.63) is 51.7 Å². The van der Waals surface area contributed by atoms with Crippen molar-refractivity contribution in [2.45, 2.75) is 12.7 Å². The highest BCUT2D eigenvalue weighted by Crippen LogP contribution is 2.34. The number of rotatable bonds is 4. The lowest BCUT2D eigenvalue weighted by molar-refractivity contribution is -0.138. The minimum absolute atomic E-state index is 0.318. The molecule has 0 atom stereocenters. The van der Waals surface area contributed by atoms with Gasteiger partial charge in [-0.1, -0.05) is 0 Å². The van der Waals surface area contributed by atoms with Gasteiger partial charge < -0.3 is 10.0 Å². The Labute approximate surface area is 123 Å². The van der Waals surface area contributed by atoms with Crippen molar-refractivity contribution >= 4 is 23.0 Å². The van der Waals surface area contributed by atoms with E-state index in [0.29, 0.717) is 12.2 Å². The van der Waals surface area contributed by atoms with Crippen molar-refractivity contribution < 1.29 is 23.1 Å². The summed E-state index contributed by atoms with van der Waals surface area (Å²) in [5, 5.41) is 12.6. The predicted octanol–water partition coefficient (Wildman–Crippen LogP) is 4.10. The monoisotopic (exact) mass is 315 g/mol. The van der Waals surface area contributed by atoms with Gasteiger partial charge >= 0.3 is 12.1 Å². The summed E-state index contributed by atoms with van der Waals surface area (Å²) < 4.78 is 38.8. The molecule has 1 aromatic heterocycles. The first kappa shape index (κ1) is 15.4. The van der Waals surface area contributed by atoms with Gasteiger partial charge in [0.25, 0.3) is 0 Å². The minimum atomic E-state index is -4.70. The number of carbonyl (C=O) groups is 1. The second kappa shape index (κ2) is 5.77. The lowest BCUT2D eigenvalue weighted by Crippen LogP contribution is -2.19. The number of carboxylic acids is 1. The highest BCUT2D eigenvalue weighted by molar-refractivity contribution is 7.07. The van der Waals surface area contributed by atoms with Crippen LogP contribution in [0.25, 0.3) is 0 Å². The lowest BCUT2D eigenvalue weighted by atomic mass is 10.1. The second-order valence-electron chi connectivity index (χ2n) is 4.52. The molecule has 0 amide bonds. The molecule has 1 heterocycles. The van der Waals surface area contributed by atoms with Gasteiger partial charge in [0.15, 0.2) is 0 Å². The Kier molecular flexibility index (Phi) is 4.22. The first-order chi connectivity index (χ1) is 9.79. The molecule has 1 N–H and O–H groups in total. The second-order valence-corrected chi connectivity index (χ2v) is 5.30. The lowest BCUT2D eigenvalue weighted by Gasteiger charge is -2.21. The third-order valence-electron chi connectivity index (χ3n) is 2.98. The molecule has 3 nitrogen and oxygen atoms in total. The number of anilines is 1. The molecule has 0 unspecified atom stereocenters. The maximum atomic E-state index is 12.9. The zero-order valence-corrected chi connectivity index (χ0v) is 11.8. The summed E-state index contributed by atoms with van der Waals surface area (Å²) in [5.74, 6) is -1.59. The summed E-state index contributed by atoms with van der Waals surface area (Å²) in [5.41, 5.74) is -0.572. The zero-order valence-electron chi connectivity index (χ0n) is 11.0. The van der Waals surface area contributed by atoms with Crippen LogP contribution in [0, 0.1) is 0 Å². The van der Waals surface area contributed by atoms with E-state index in [4.69, 9.17) is 5.11 Å². The Hall–Kier alpha value is -2.02. The van der Waals surface area contributed by atoms with E-state index >= 15 is 0 Å². The van der Waals surface area contributed by atoms with Crippen LogP contribution >= 0.6 is 11.3 Å². The number of aromatic carboxylic acids is 1. The van der Waals surface area contributed by atoms with Gasteiger partial charge in [-0.05, 0) is 40.6 Å². The molecule has 0 radical (unpaired) electrons. The van der Waals surface area contributed by atoms with Gasteiger partial charge in [0.05, 0.1) is 11.1 Å². The molecule has 2 rings (SSSR count). The topological polar surface area (TPSA) is 40.5 Å². The van der Waals surface area contributed by atoms with Gasteiger partial charge in [0.2, 0.25) is 0 Å². The Bertz CT molecular complexity index is 638. The van der Waals surface area contributed by atoms with Gasteiger partial charge in [0.1, 0.15) is 0 Å². The van der Waals surface area contributed by atoms with Gasteiger partial charge in [-0.2, -0.15) is 24.5 Å². The third-order valence-corrected chi connectivity index (χ3v) is 3.71. The molecule has 0 fully saturated rings. The molecule has 1 aromatic carbocycles. The van der Waals surface area contributed by atoms with Crippen LogP contribution in [0.1, 0.15) is 21.5 Å². The fourth-order valence-corrected chi connectivity index (χ4v) is 2.60. The largest absolute Gasteiger partial charge is 0.478 e. The number of benzene rings is 1. The van der Waals surface area contributed by atoms with Crippen molar-refractivity contribution in [1.82, 2.24) is 0 Å². The van der Waals surface area contributed by atoms with Gasteiger partial charge in [-0.15, -0.1) is 0 Å². The van der Waals surface area contributed by atoms with Crippen molar-refractivity contribution in [3.63, 3.8) is 0 Å². The molecule has 112 valence electrons. The van der Waals surface area contributed by atoms with Crippen molar-refractivity contribution in [2.75, 3.05) is 11.9 Å². The number of hydrogen-bond acceptors (Lipinski definition) is 3. The van der Waals surface area contributed by atoms with E-state index in [2.05, 4.69) is 0 Å². The van der Waals surface area contributed by atoms with E-state index in [1.165, 1.54) is 17.4 Å². The van der Waals surface area contributed by atoms with E-state index in [1.807, 2.05) is 16.8 Å². The molecule has 7 heteroatoms. The Morgan fingerprint density at radius 1 is 1.33 bits per heavy atom. The Morgan fingerprint density at radius 3 is 2.57 bits per heavy atom. The molecule has 0 aliphatic heterocycles. The highest BCUT2D eigenvalue weighted by atomic mass is 32.1. The molecule has 0 spiro atoms. The summed E-state index contributed by atoms with van der Waals surface area (Å²) in [4.78, 5) is 12.5. The van der Waals surface area contributed by atoms with E-state index < -0.39 is 23.3 Å². The van der Waals surface area contributed by atoms with E-state index in [0.717, 1.165) is 17.7 Å². The van der Waals surface area contributed by atoms with Crippen LogP contribution in [0.2, 0.25) is 0 Å². The number of halogens is 3. The SMILES string of the molecule is CN(Cc1ccsc1)c1ccc(C(=O)O)c(C(F)(F)F)c1. The molecular weight excluding hydrogens is 303 g/mol. The molecule has 0 bridgehead atoms. The summed E-state index contributed by atoms with van der Waals surface area (Å²) in [7, 11) is 1.66. The third kappa shape index (κ3) is 3.55. The zero-order chi connectivity index (χ0) is 15.6. The molecule has 0 saturated carbocycles. The van der Waals surface area contributed by atoms with Crippen LogP contribution in [0.4, 0.5) is 18.9 Å². The molecule has 21 heavy (non-hydrogen) atoms. The maximum absolute atomic E-state index is 12.9. The fraction of sp³-hybridized carbons (Fsp3) is 0.214. The minimum Gasteiger partial charge on any atom is -0.478 e. The number of alkyl halides is 3. The van der Waals surface area contributed by atoms with Crippen molar-refractivity contribution in [1.29, 1.82) is 0 Å². The summed E-state index contributed by atoms with van der Waals surface area (Å²) >= 11 is 1.51. The van der Waals surface area contributed by atoms with Crippen LogP contribution in [0.5, 0.6) is 0 Å². The highest BCUT2D eigenvalue weighted by Gasteiger charge is 2.35. The predicted molar refractivity (Wildman–Crippen MR) is 74.8 cm³/mol. The fourth-order valence-electron chi connectivity index (χ4n) is 1.94. The standard InChI is InChI=1S/C14H12F3NO2S/c1-18(7-9-4-5-21-8-9)10-2-3-11(13(19)20)12(6-10)14(15,16)17/h2-6,8H,7H2,1H3,(H,19,20). The van der Waals surface area contributed by atoms with Gasteiger partial charge in [-0.3, -0.25) is 0 Å². The normalized spacial score (nSPS) is 11.4. The maximum Gasteiger partial charge on any atom is 0.417 e. The summed E-state index contributed by atoms with van der Waals surface area (Å²) in [6.45, 7) is 0.452. The average molecular weight is 315 g/mol. The van der Waals surface area contributed by atoms with Gasteiger partial charge in [0, 0.05) is 19.3 Å². The number of carboxylic acid groups (broad SMARTS) is 1. The number of nitrogens with zero attached hydrogens (tertiary/aromatic N) is 1. The quantitative estimate of drug-likeness (QED) is 0.923. The average Bonchev–Trinajstić information content (AvgIpc) is 2.89. The van der Waals surface area contributed by atoms with Crippen molar-refractivity contribution in [2.24, 2.45) is 0 Å². The van der Waals surface area contributed by atoms with E-state index in [9.17, 15) is 18.0 Å². The van der Waals surface area contributed by atoms with Crippen LogP contribution < -0.4 is 4.90 Å². The Morgan fingerprint density at radius 2 is 2.05 bits per heavy atom. The molecule has 0 aliphatic rings. The van der Waals surface area contributed by atoms with Crippen LogP contribution in [-0.2, 0) is 12.7 Å². The van der Waals surface area contributed by atoms with E-state index in [1.54, 1.807) is 11.9 Å². The Balaban J connectivity index is 2.35. The van der Waals surface area contributed by atoms with Crippen LogP contribution in [0.15, 0.2) is 35.0 Å². The summed E-state index contributed by atoms with van der Waals surface area (Å²) in [6, 6.07) is 5.13. The smallest absolute Gasteiger partial charge is 0.417 e. The molecule has 2 aromatic rings. The number of thiophene rings is 1. The molecule has 0 aliphatic carbocycles. The van der Waals surface area contributed by atoms with Crippen LogP contribution in [-0.4, -0.2) is 18.1 Å². The van der Waals surface area contributed by atoms with Crippen LogP contribution in [0.3, 0.4) is 0 Å². The summed E-state index contributed by atoms with van der Waals surface area (Å²) in [6.07, 6.45) is -4.70. The number of hydrogen-bond donors (Lipinski definition) is 1. The molecular formula is C14H12F3NO2S. The first-order valence-electron chi connectivity index (χ1n) is 5.96. The van der Waals surface area contributed by atoms with Crippen molar-refractivity contribution in [3.8, 4) is 0 Å². The molecule has 0 saturated heterocycles. The van der Waals surface area contributed by atoms with Gasteiger partial charge in [-0.25, -0.2) is 4.79 Å².